The van der Waals surface area contributed by atoms with Gasteiger partial charge in [0.05, 0.1) is 5.39 Å². The normalized spacial score (nSPS) is 14.4. The van der Waals surface area contributed by atoms with Crippen molar-refractivity contribution in [2.24, 2.45) is 0 Å². The van der Waals surface area contributed by atoms with Gasteiger partial charge in [-0.2, -0.15) is 4.57 Å². The first-order chi connectivity index (χ1) is 7.36. The number of rotatable bonds is 0. The van der Waals surface area contributed by atoms with Crippen molar-refractivity contribution in [1.82, 2.24) is 0 Å². The molecule has 1 aliphatic rings. The summed E-state index contributed by atoms with van der Waals surface area (Å²) in [4.78, 5) is 11.9. The van der Waals surface area contributed by atoms with Gasteiger partial charge in [-0.15, -0.1) is 0 Å². The van der Waals surface area contributed by atoms with E-state index in [0.29, 0.717) is 6.42 Å². The molecule has 0 radical (unpaired) electrons. The number of nitrogens with zero attached hydrogens (tertiary/aromatic N) is 1. The number of carbonyl (C=O) groups excluding carboxylic acids is 1. The zero-order valence-corrected chi connectivity index (χ0v) is 10.4. The number of benzene rings is 1. The standard InChI is InChI=1S/C13H12NO.BrH/c15-12-6-3-8-14-9-7-10-4-1-2-5-11(10)13(12)14;/h1-2,4-5,7,9H,3,6,8H2;1H/q+1;/p-1. The van der Waals surface area contributed by atoms with Crippen LogP contribution >= 0.6 is 0 Å². The predicted molar refractivity (Wildman–Crippen MR) is 57.7 cm³/mol. The van der Waals surface area contributed by atoms with Gasteiger partial charge in [0.1, 0.15) is 6.54 Å². The van der Waals surface area contributed by atoms with Gasteiger partial charge in [0, 0.05) is 18.9 Å². The molecule has 0 bridgehead atoms. The minimum Gasteiger partial charge on any atom is -1.00 e. The maximum Gasteiger partial charge on any atom is 0.256 e. The third-order valence-corrected chi connectivity index (χ3v) is 3.00. The molecule has 1 aromatic carbocycles. The summed E-state index contributed by atoms with van der Waals surface area (Å²) in [5, 5.41) is 2.24. The third-order valence-electron chi connectivity index (χ3n) is 3.00. The Hall–Kier alpha value is -1.22. The van der Waals surface area contributed by atoms with Gasteiger partial charge in [-0.1, -0.05) is 18.2 Å². The summed E-state index contributed by atoms with van der Waals surface area (Å²) in [6.45, 7) is 0.964. The Morgan fingerprint density at radius 3 is 2.81 bits per heavy atom. The molecule has 3 heteroatoms. The van der Waals surface area contributed by atoms with Crippen LogP contribution < -0.4 is 21.5 Å². The molecule has 2 aromatic rings. The summed E-state index contributed by atoms with van der Waals surface area (Å²) in [6.07, 6.45) is 3.68. The first-order valence-electron chi connectivity index (χ1n) is 5.31. The quantitative estimate of drug-likeness (QED) is 0.573. The Balaban J connectivity index is 0.000000963. The summed E-state index contributed by atoms with van der Waals surface area (Å²) in [5.74, 6) is 0.276. The summed E-state index contributed by atoms with van der Waals surface area (Å²) in [6, 6.07) is 10.2. The van der Waals surface area contributed by atoms with Crippen LogP contribution in [0, 0.1) is 0 Å². The van der Waals surface area contributed by atoms with Crippen LogP contribution in [-0.4, -0.2) is 5.78 Å². The maximum absolute atomic E-state index is 11.9. The van der Waals surface area contributed by atoms with Crippen LogP contribution in [-0.2, 0) is 6.54 Å². The van der Waals surface area contributed by atoms with E-state index in [1.165, 1.54) is 0 Å². The Morgan fingerprint density at radius 2 is 1.94 bits per heavy atom. The molecular weight excluding hydrogens is 266 g/mol. The van der Waals surface area contributed by atoms with Crippen LogP contribution in [0.1, 0.15) is 23.3 Å². The van der Waals surface area contributed by atoms with Crippen LogP contribution in [0.15, 0.2) is 36.5 Å². The Kier molecular flexibility index (Phi) is 3.06. The highest BCUT2D eigenvalue weighted by Gasteiger charge is 2.26. The molecule has 0 atom stereocenters. The highest BCUT2D eigenvalue weighted by molar-refractivity contribution is 6.05. The molecule has 2 nitrogen and oxygen atoms in total. The van der Waals surface area contributed by atoms with Crippen molar-refractivity contribution in [2.45, 2.75) is 19.4 Å². The molecule has 0 spiro atoms. The lowest BCUT2D eigenvalue weighted by Gasteiger charge is -2.10. The van der Waals surface area contributed by atoms with E-state index in [0.717, 1.165) is 29.4 Å². The lowest BCUT2D eigenvalue weighted by atomic mass is 10.0. The second kappa shape index (κ2) is 4.34. The fourth-order valence-corrected chi connectivity index (χ4v) is 2.28. The molecule has 1 aliphatic heterocycles. The van der Waals surface area contributed by atoms with Crippen molar-refractivity contribution in [3.8, 4) is 0 Å². The molecule has 16 heavy (non-hydrogen) atoms. The molecule has 82 valence electrons. The first-order valence-corrected chi connectivity index (χ1v) is 5.31. The number of aromatic nitrogens is 1. The van der Waals surface area contributed by atoms with Gasteiger partial charge < -0.3 is 17.0 Å². The van der Waals surface area contributed by atoms with Gasteiger partial charge in [-0.05, 0) is 11.5 Å². The second-order valence-electron chi connectivity index (χ2n) is 3.97. The van der Waals surface area contributed by atoms with Crippen LogP contribution in [0.3, 0.4) is 0 Å². The zero-order valence-electron chi connectivity index (χ0n) is 8.82. The molecule has 0 unspecified atom stereocenters. The van der Waals surface area contributed by atoms with Gasteiger partial charge in [-0.3, -0.25) is 4.79 Å². The number of hydrogen-bond acceptors (Lipinski definition) is 1. The van der Waals surface area contributed by atoms with Crippen molar-refractivity contribution in [2.75, 3.05) is 0 Å². The van der Waals surface area contributed by atoms with E-state index >= 15 is 0 Å². The summed E-state index contributed by atoms with van der Waals surface area (Å²) >= 11 is 0. The van der Waals surface area contributed by atoms with Crippen LogP contribution in [0.4, 0.5) is 0 Å². The lowest BCUT2D eigenvalue weighted by Crippen LogP contribution is -3.00. The fourth-order valence-electron chi connectivity index (χ4n) is 2.28. The van der Waals surface area contributed by atoms with E-state index in [9.17, 15) is 4.79 Å². The predicted octanol–water partition coefficient (Wildman–Crippen LogP) is -0.892. The van der Waals surface area contributed by atoms with Gasteiger partial charge in [-0.25, -0.2) is 0 Å². The van der Waals surface area contributed by atoms with E-state index < -0.39 is 0 Å². The van der Waals surface area contributed by atoms with E-state index in [1.807, 2.05) is 24.4 Å². The van der Waals surface area contributed by atoms with Crippen molar-refractivity contribution in [3.05, 3.63) is 42.2 Å². The Bertz CT molecular complexity index is 551. The molecular formula is C13H12BrNO. The fraction of sp³-hybridized carbons (Fsp3) is 0.231. The highest BCUT2D eigenvalue weighted by atomic mass is 79.9. The number of halogens is 1. The topological polar surface area (TPSA) is 20.9 Å². The lowest BCUT2D eigenvalue weighted by molar-refractivity contribution is -0.700. The van der Waals surface area contributed by atoms with Crippen LogP contribution in [0.5, 0.6) is 0 Å². The van der Waals surface area contributed by atoms with Gasteiger partial charge in [0.15, 0.2) is 6.20 Å². The average molecular weight is 278 g/mol. The van der Waals surface area contributed by atoms with Crippen molar-refractivity contribution < 1.29 is 26.3 Å². The molecule has 0 N–H and O–H groups in total. The molecule has 0 saturated carbocycles. The minimum absolute atomic E-state index is 0. The van der Waals surface area contributed by atoms with Gasteiger partial charge in [0.25, 0.3) is 5.69 Å². The molecule has 2 heterocycles. The minimum atomic E-state index is 0. The molecule has 3 rings (SSSR count). The average Bonchev–Trinajstić information content (AvgIpc) is 2.29. The number of carbonyl (C=O) groups is 1. The largest absolute Gasteiger partial charge is 1.00 e. The molecule has 0 aliphatic carbocycles. The maximum atomic E-state index is 11.9. The van der Waals surface area contributed by atoms with Crippen LogP contribution in [0.25, 0.3) is 10.8 Å². The van der Waals surface area contributed by atoms with Crippen molar-refractivity contribution in [1.29, 1.82) is 0 Å². The van der Waals surface area contributed by atoms with Crippen LogP contribution in [0.2, 0.25) is 0 Å². The van der Waals surface area contributed by atoms with E-state index in [-0.39, 0.29) is 22.8 Å². The Labute approximate surface area is 105 Å². The number of ketones is 1. The monoisotopic (exact) mass is 277 g/mol. The highest BCUT2D eigenvalue weighted by Crippen LogP contribution is 2.19. The van der Waals surface area contributed by atoms with E-state index in [4.69, 9.17) is 0 Å². The third kappa shape index (κ3) is 1.65. The molecule has 0 saturated heterocycles. The Morgan fingerprint density at radius 1 is 1.12 bits per heavy atom. The van der Waals surface area contributed by atoms with Gasteiger partial charge >= 0.3 is 0 Å². The van der Waals surface area contributed by atoms with Crippen molar-refractivity contribution in [3.63, 3.8) is 0 Å². The number of aryl methyl sites for hydroxylation is 1. The van der Waals surface area contributed by atoms with E-state index in [1.54, 1.807) is 0 Å². The smallest absolute Gasteiger partial charge is 0.256 e. The number of hydrogen-bond donors (Lipinski definition) is 0. The molecule has 0 fully saturated rings. The molecule has 0 amide bonds. The second-order valence-corrected chi connectivity index (χ2v) is 3.97. The number of Topliss-reactive ketones (excluding diaryl/α,β-unsaturated/α-hetero) is 1. The first kappa shape index (κ1) is 11.3. The SMILES string of the molecule is O=C1CCC[n+]2ccc3ccccc3c21.[Br-]. The summed E-state index contributed by atoms with van der Waals surface area (Å²) in [7, 11) is 0. The zero-order chi connectivity index (χ0) is 10.3. The number of pyridine rings is 1. The van der Waals surface area contributed by atoms with Crippen molar-refractivity contribution >= 4 is 16.6 Å². The van der Waals surface area contributed by atoms with Gasteiger partial charge in [0.2, 0.25) is 5.78 Å². The summed E-state index contributed by atoms with van der Waals surface area (Å²) < 4.78 is 2.08. The number of fused-ring (bicyclic) bond motifs is 3. The molecule has 1 aromatic heterocycles. The summed E-state index contributed by atoms with van der Waals surface area (Å²) in [5.41, 5.74) is 0.888. The van der Waals surface area contributed by atoms with E-state index in [2.05, 4.69) is 16.7 Å².